The van der Waals surface area contributed by atoms with Gasteiger partial charge in [0.15, 0.2) is 0 Å². The van der Waals surface area contributed by atoms with E-state index >= 15 is 0 Å². The van der Waals surface area contributed by atoms with Crippen LogP contribution >= 0.6 is 15.9 Å². The van der Waals surface area contributed by atoms with Gasteiger partial charge in [-0.15, -0.1) is 0 Å². The highest BCUT2D eigenvalue weighted by atomic mass is 79.9. The highest BCUT2D eigenvalue weighted by Gasteiger charge is 2.28. The van der Waals surface area contributed by atoms with Crippen molar-refractivity contribution in [2.75, 3.05) is 5.33 Å². The predicted molar refractivity (Wildman–Crippen MR) is 78.8 cm³/mol. The monoisotopic (exact) mass is 323 g/mol. The molecule has 0 saturated heterocycles. The summed E-state index contributed by atoms with van der Waals surface area (Å²) in [4.78, 5) is 23.3. The van der Waals surface area contributed by atoms with Gasteiger partial charge in [-0.3, -0.25) is 14.9 Å². The maximum absolute atomic E-state index is 11.7. The van der Waals surface area contributed by atoms with Gasteiger partial charge in [0.1, 0.15) is 0 Å². The molecular formula is C15H18BrNO2. The number of nitrogens with one attached hydrogen (secondary N) is 1. The van der Waals surface area contributed by atoms with Crippen LogP contribution in [0.1, 0.15) is 58.4 Å². The van der Waals surface area contributed by atoms with Crippen LogP contribution in [0, 0.1) is 0 Å². The number of amides is 2. The first kappa shape index (κ1) is 14.3. The van der Waals surface area contributed by atoms with Crippen molar-refractivity contribution in [3.63, 3.8) is 0 Å². The van der Waals surface area contributed by atoms with Crippen molar-refractivity contribution in [1.82, 2.24) is 5.32 Å². The second-order valence-corrected chi connectivity index (χ2v) is 5.62. The van der Waals surface area contributed by atoms with Crippen LogP contribution in [0.3, 0.4) is 0 Å². The van der Waals surface area contributed by atoms with E-state index < -0.39 is 0 Å². The van der Waals surface area contributed by atoms with Gasteiger partial charge in [0.25, 0.3) is 11.8 Å². The van der Waals surface area contributed by atoms with E-state index in [9.17, 15) is 9.59 Å². The Balaban J connectivity index is 1.92. The minimum absolute atomic E-state index is 0.241. The molecule has 1 N–H and O–H groups in total. The second kappa shape index (κ2) is 6.85. The first-order valence-corrected chi connectivity index (χ1v) is 7.89. The molecule has 102 valence electrons. The Morgan fingerprint density at radius 1 is 0.947 bits per heavy atom. The number of alkyl halides is 1. The number of fused-ring (bicyclic) bond motifs is 1. The molecule has 0 radical (unpaired) electrons. The molecule has 1 aromatic carbocycles. The van der Waals surface area contributed by atoms with Crippen molar-refractivity contribution < 1.29 is 9.59 Å². The third-order valence-corrected chi connectivity index (χ3v) is 3.99. The van der Waals surface area contributed by atoms with Crippen molar-refractivity contribution >= 4 is 27.7 Å². The van der Waals surface area contributed by atoms with Crippen LogP contribution in [0.4, 0.5) is 0 Å². The maximum Gasteiger partial charge on any atom is 0.259 e. The summed E-state index contributed by atoms with van der Waals surface area (Å²) < 4.78 is 0. The van der Waals surface area contributed by atoms with Crippen LogP contribution in [0.15, 0.2) is 18.2 Å². The van der Waals surface area contributed by atoms with E-state index in [0.29, 0.717) is 11.1 Å². The minimum atomic E-state index is -0.265. The molecule has 0 bridgehead atoms. The second-order valence-electron chi connectivity index (χ2n) is 4.83. The summed E-state index contributed by atoms with van der Waals surface area (Å²) in [5.74, 6) is -0.506. The molecule has 1 aliphatic heterocycles. The van der Waals surface area contributed by atoms with Gasteiger partial charge in [-0.1, -0.05) is 47.3 Å². The molecule has 1 heterocycles. The first-order valence-electron chi connectivity index (χ1n) is 6.77. The molecule has 0 saturated carbocycles. The molecule has 3 nitrogen and oxygen atoms in total. The standard InChI is InChI=1S/C15H18BrNO2/c16-10-5-3-1-2-4-7-11-8-6-9-12-13(11)15(19)17-14(12)18/h6,8-9H,1-5,7,10H2,(H,17,18,19). The number of rotatable bonds is 7. The number of imide groups is 1. The van der Waals surface area contributed by atoms with Crippen LogP contribution in [-0.2, 0) is 6.42 Å². The van der Waals surface area contributed by atoms with Gasteiger partial charge < -0.3 is 0 Å². The number of hydrogen-bond donors (Lipinski definition) is 1. The highest BCUT2D eigenvalue weighted by molar-refractivity contribution is 9.09. The number of benzene rings is 1. The number of aryl methyl sites for hydroxylation is 1. The van der Waals surface area contributed by atoms with Crippen LogP contribution in [0.25, 0.3) is 0 Å². The Kier molecular flexibility index (Phi) is 5.14. The fourth-order valence-corrected chi connectivity index (χ4v) is 2.84. The van der Waals surface area contributed by atoms with Gasteiger partial charge in [0.2, 0.25) is 0 Å². The van der Waals surface area contributed by atoms with E-state index in [2.05, 4.69) is 21.2 Å². The molecule has 0 unspecified atom stereocenters. The number of halogens is 1. The van der Waals surface area contributed by atoms with Gasteiger partial charge in [-0.2, -0.15) is 0 Å². The first-order chi connectivity index (χ1) is 9.24. The number of hydrogen-bond acceptors (Lipinski definition) is 2. The molecule has 0 aliphatic carbocycles. The summed E-state index contributed by atoms with van der Waals surface area (Å²) in [5, 5.41) is 3.43. The largest absolute Gasteiger partial charge is 0.288 e. The zero-order valence-corrected chi connectivity index (χ0v) is 12.5. The van der Waals surface area contributed by atoms with Crippen LogP contribution in [0.5, 0.6) is 0 Å². The lowest BCUT2D eigenvalue weighted by Gasteiger charge is -2.05. The third-order valence-electron chi connectivity index (χ3n) is 3.43. The molecule has 1 aromatic rings. The van der Waals surface area contributed by atoms with Gasteiger partial charge in [0, 0.05) is 5.33 Å². The Morgan fingerprint density at radius 2 is 1.68 bits per heavy atom. The van der Waals surface area contributed by atoms with E-state index in [1.165, 1.54) is 25.7 Å². The van der Waals surface area contributed by atoms with Gasteiger partial charge in [-0.25, -0.2) is 0 Å². The maximum atomic E-state index is 11.7. The van der Waals surface area contributed by atoms with E-state index in [0.717, 1.165) is 23.7 Å². The zero-order chi connectivity index (χ0) is 13.7. The Morgan fingerprint density at radius 3 is 2.47 bits per heavy atom. The molecular weight excluding hydrogens is 306 g/mol. The Hall–Kier alpha value is -1.16. The summed E-state index contributed by atoms with van der Waals surface area (Å²) >= 11 is 3.42. The summed E-state index contributed by atoms with van der Waals surface area (Å²) in [5.41, 5.74) is 2.12. The molecule has 0 spiro atoms. The fourth-order valence-electron chi connectivity index (χ4n) is 2.44. The van der Waals surface area contributed by atoms with E-state index in [1.54, 1.807) is 6.07 Å². The van der Waals surface area contributed by atoms with Crippen molar-refractivity contribution in [2.45, 2.75) is 38.5 Å². The van der Waals surface area contributed by atoms with Crippen molar-refractivity contribution in [1.29, 1.82) is 0 Å². The van der Waals surface area contributed by atoms with Gasteiger partial charge in [-0.05, 0) is 30.9 Å². The molecule has 0 fully saturated rings. The van der Waals surface area contributed by atoms with Crippen LogP contribution in [0.2, 0.25) is 0 Å². The lowest BCUT2D eigenvalue weighted by Crippen LogP contribution is -2.20. The quantitative estimate of drug-likeness (QED) is 0.474. The third kappa shape index (κ3) is 3.44. The van der Waals surface area contributed by atoms with E-state index in [4.69, 9.17) is 0 Å². The smallest absolute Gasteiger partial charge is 0.259 e. The lowest BCUT2D eigenvalue weighted by molar-refractivity contribution is 0.0879. The SMILES string of the molecule is O=C1NC(=O)c2c(CCCCCCCBr)cccc21. The van der Waals surface area contributed by atoms with Crippen LogP contribution < -0.4 is 5.32 Å². The predicted octanol–water partition coefficient (Wildman–Crippen LogP) is 3.46. The molecule has 0 aromatic heterocycles. The summed E-state index contributed by atoms with van der Waals surface area (Å²) in [6.07, 6.45) is 6.81. The number of carbonyl (C=O) groups is 2. The molecule has 2 rings (SSSR count). The van der Waals surface area contributed by atoms with E-state index in [-0.39, 0.29) is 11.8 Å². The van der Waals surface area contributed by atoms with Gasteiger partial charge >= 0.3 is 0 Å². The fraction of sp³-hybridized carbons (Fsp3) is 0.467. The summed E-state index contributed by atoms with van der Waals surface area (Å²) in [7, 11) is 0. The van der Waals surface area contributed by atoms with Crippen molar-refractivity contribution in [3.8, 4) is 0 Å². The average Bonchev–Trinajstić information content (AvgIpc) is 2.70. The van der Waals surface area contributed by atoms with E-state index in [1.807, 2.05) is 12.1 Å². The molecule has 2 amide bonds. The van der Waals surface area contributed by atoms with Crippen molar-refractivity contribution in [2.24, 2.45) is 0 Å². The van der Waals surface area contributed by atoms with Crippen molar-refractivity contribution in [3.05, 3.63) is 34.9 Å². The highest BCUT2D eigenvalue weighted by Crippen LogP contribution is 2.22. The molecule has 1 aliphatic rings. The Bertz CT molecular complexity index is 485. The summed E-state index contributed by atoms with van der Waals surface area (Å²) in [6, 6.07) is 5.53. The molecule has 0 atom stereocenters. The topological polar surface area (TPSA) is 46.2 Å². The summed E-state index contributed by atoms with van der Waals surface area (Å²) in [6.45, 7) is 0. The number of unbranched alkanes of at least 4 members (excludes halogenated alkanes) is 4. The average molecular weight is 324 g/mol. The number of carbonyl (C=O) groups excluding carboxylic acids is 2. The molecule has 4 heteroatoms. The van der Waals surface area contributed by atoms with Gasteiger partial charge in [0.05, 0.1) is 11.1 Å². The lowest BCUT2D eigenvalue weighted by atomic mass is 9.97. The minimum Gasteiger partial charge on any atom is -0.288 e. The zero-order valence-electron chi connectivity index (χ0n) is 10.9. The Labute approximate surface area is 121 Å². The van der Waals surface area contributed by atoms with Crippen LogP contribution in [-0.4, -0.2) is 17.1 Å². The normalized spacial score (nSPS) is 13.5. The molecule has 19 heavy (non-hydrogen) atoms.